The minimum atomic E-state index is -0.689. The van der Waals surface area contributed by atoms with Crippen molar-refractivity contribution in [2.24, 2.45) is 0 Å². The fraction of sp³-hybridized carbons (Fsp3) is 0.0175. The van der Waals surface area contributed by atoms with Crippen LogP contribution >= 0.6 is 11.3 Å². The van der Waals surface area contributed by atoms with E-state index in [-0.39, 0.29) is 0 Å². The molecule has 0 radical (unpaired) electrons. The molecule has 0 fully saturated rings. The van der Waals surface area contributed by atoms with E-state index < -0.39 is 5.54 Å². The number of thiophene rings is 1. The van der Waals surface area contributed by atoms with E-state index >= 15 is 0 Å². The summed E-state index contributed by atoms with van der Waals surface area (Å²) in [4.78, 5) is 2.50. The fourth-order valence-corrected chi connectivity index (χ4v) is 11.7. The van der Waals surface area contributed by atoms with Crippen LogP contribution in [0, 0.1) is 0 Å². The highest BCUT2D eigenvalue weighted by molar-refractivity contribution is 7.26. The standard InChI is InChI=1S/C57H36N2S/c1-2-17-39-35-40(32-31-37(39)15-1)58(52-28-14-30-55-56(52)47-23-8-12-29-54(47)60-55)41-33-34-46-45-22-7-11-27-51(45)59(53(46)36-41)57(48-26-13-18-38-16-3-4-19-42(38)48)49-24-9-5-20-43(49)44-21-6-10-25-50(44)57/h1-36H. The Balaban J connectivity index is 1.19. The molecule has 60 heavy (non-hydrogen) atoms. The summed E-state index contributed by atoms with van der Waals surface area (Å²) in [6.07, 6.45) is 0. The topological polar surface area (TPSA) is 8.17 Å². The Labute approximate surface area is 351 Å². The number of fused-ring (bicyclic) bond motifs is 11. The predicted molar refractivity (Wildman–Crippen MR) is 256 cm³/mol. The molecule has 2 heterocycles. The minimum absolute atomic E-state index is 0.689. The van der Waals surface area contributed by atoms with Crippen molar-refractivity contribution in [2.45, 2.75) is 5.54 Å². The van der Waals surface area contributed by atoms with Crippen LogP contribution in [0.5, 0.6) is 0 Å². The Morgan fingerprint density at radius 2 is 0.933 bits per heavy atom. The molecule has 0 unspecified atom stereocenters. The third-order valence-corrected chi connectivity index (χ3v) is 14.1. The van der Waals surface area contributed by atoms with Gasteiger partial charge in [-0.25, -0.2) is 0 Å². The molecule has 280 valence electrons. The number of nitrogens with zero attached hydrogens (tertiary/aromatic N) is 2. The van der Waals surface area contributed by atoms with Crippen molar-refractivity contribution in [3.05, 3.63) is 235 Å². The van der Waals surface area contributed by atoms with Gasteiger partial charge >= 0.3 is 0 Å². The number of hydrogen-bond donors (Lipinski definition) is 0. The van der Waals surface area contributed by atoms with Crippen LogP contribution in [0.3, 0.4) is 0 Å². The van der Waals surface area contributed by atoms with Gasteiger partial charge in [-0.15, -0.1) is 11.3 Å². The van der Waals surface area contributed by atoms with Crippen LogP contribution in [0.2, 0.25) is 0 Å². The highest BCUT2D eigenvalue weighted by atomic mass is 32.1. The molecule has 13 rings (SSSR count). The molecule has 0 spiro atoms. The highest BCUT2D eigenvalue weighted by Crippen LogP contribution is 2.57. The van der Waals surface area contributed by atoms with E-state index in [4.69, 9.17) is 0 Å². The van der Waals surface area contributed by atoms with E-state index in [1.165, 1.54) is 97.0 Å². The average Bonchev–Trinajstić information content (AvgIpc) is 3.95. The number of aromatic nitrogens is 1. The fourth-order valence-electron chi connectivity index (χ4n) is 10.5. The summed E-state index contributed by atoms with van der Waals surface area (Å²) in [6.45, 7) is 0. The quantitative estimate of drug-likeness (QED) is 0.169. The first kappa shape index (κ1) is 33.5. The summed E-state index contributed by atoms with van der Waals surface area (Å²) in [7, 11) is 0. The normalized spacial score (nSPS) is 13.1. The largest absolute Gasteiger partial charge is 0.322 e. The second-order valence-electron chi connectivity index (χ2n) is 16.0. The van der Waals surface area contributed by atoms with Crippen LogP contribution < -0.4 is 4.90 Å². The van der Waals surface area contributed by atoms with Gasteiger partial charge in [0.2, 0.25) is 0 Å². The van der Waals surface area contributed by atoms with Crippen LogP contribution in [0.4, 0.5) is 17.1 Å². The van der Waals surface area contributed by atoms with Crippen molar-refractivity contribution >= 4 is 91.9 Å². The van der Waals surface area contributed by atoms with Gasteiger partial charge in [0.15, 0.2) is 0 Å². The molecule has 0 saturated carbocycles. The van der Waals surface area contributed by atoms with Gasteiger partial charge in [-0.05, 0) is 97.9 Å². The van der Waals surface area contributed by atoms with Crippen molar-refractivity contribution in [1.29, 1.82) is 0 Å². The second kappa shape index (κ2) is 12.8. The molecule has 0 amide bonds. The SMILES string of the molecule is c1ccc2c(c1)-c1ccccc1C2(c1cccc2ccccc12)n1c2ccccc2c2ccc(N(c3ccc4ccccc4c3)c3cccc4sc5ccccc5c34)cc21. The molecule has 0 saturated heterocycles. The van der Waals surface area contributed by atoms with Crippen molar-refractivity contribution in [3.63, 3.8) is 0 Å². The molecule has 3 heteroatoms. The van der Waals surface area contributed by atoms with E-state index in [1.807, 2.05) is 11.3 Å². The third kappa shape index (κ3) is 4.58. The minimum Gasteiger partial charge on any atom is -0.322 e. The van der Waals surface area contributed by atoms with Crippen LogP contribution in [0.15, 0.2) is 218 Å². The van der Waals surface area contributed by atoms with Crippen LogP contribution in [-0.2, 0) is 5.54 Å². The average molecular weight is 781 g/mol. The van der Waals surface area contributed by atoms with E-state index in [9.17, 15) is 0 Å². The van der Waals surface area contributed by atoms with E-state index in [0.717, 1.165) is 11.4 Å². The van der Waals surface area contributed by atoms with E-state index in [2.05, 4.69) is 228 Å². The maximum atomic E-state index is 2.69. The first-order valence-electron chi connectivity index (χ1n) is 20.7. The lowest BCUT2D eigenvalue weighted by Gasteiger charge is -2.37. The van der Waals surface area contributed by atoms with Crippen LogP contribution in [0.1, 0.15) is 16.7 Å². The zero-order valence-electron chi connectivity index (χ0n) is 32.6. The van der Waals surface area contributed by atoms with Gasteiger partial charge in [-0.3, -0.25) is 0 Å². The molecule has 0 aliphatic heterocycles. The number of para-hydroxylation sites is 1. The molecule has 2 nitrogen and oxygen atoms in total. The maximum Gasteiger partial charge on any atom is 0.123 e. The lowest BCUT2D eigenvalue weighted by molar-refractivity contribution is 0.568. The van der Waals surface area contributed by atoms with Crippen molar-refractivity contribution in [1.82, 2.24) is 4.57 Å². The van der Waals surface area contributed by atoms with Crippen LogP contribution in [-0.4, -0.2) is 4.57 Å². The van der Waals surface area contributed by atoms with Gasteiger partial charge in [0.05, 0.1) is 16.7 Å². The maximum absolute atomic E-state index is 2.69. The lowest BCUT2D eigenvalue weighted by atomic mass is 9.77. The smallest absolute Gasteiger partial charge is 0.123 e. The highest BCUT2D eigenvalue weighted by Gasteiger charge is 2.48. The summed E-state index contributed by atoms with van der Waals surface area (Å²) in [5.41, 5.74) is 11.5. The van der Waals surface area contributed by atoms with Gasteiger partial charge in [-0.1, -0.05) is 170 Å². The van der Waals surface area contributed by atoms with Gasteiger partial charge in [-0.2, -0.15) is 0 Å². The zero-order valence-corrected chi connectivity index (χ0v) is 33.4. The Kier molecular flexibility index (Phi) is 7.13. The Bertz CT molecular complexity index is 3650. The molecule has 10 aromatic carbocycles. The summed E-state index contributed by atoms with van der Waals surface area (Å²) < 4.78 is 5.26. The molecule has 0 N–H and O–H groups in total. The molecule has 0 atom stereocenters. The van der Waals surface area contributed by atoms with Crippen molar-refractivity contribution in [2.75, 3.05) is 4.90 Å². The Morgan fingerprint density at radius 3 is 1.77 bits per heavy atom. The Morgan fingerprint density at radius 1 is 0.367 bits per heavy atom. The molecule has 1 aliphatic carbocycles. The third-order valence-electron chi connectivity index (χ3n) is 13.0. The lowest BCUT2D eigenvalue weighted by Crippen LogP contribution is -2.36. The number of benzene rings is 10. The molecule has 0 bridgehead atoms. The van der Waals surface area contributed by atoms with E-state index in [0.29, 0.717) is 0 Å². The predicted octanol–water partition coefficient (Wildman–Crippen LogP) is 15.8. The molecule has 2 aromatic heterocycles. The first-order valence-corrected chi connectivity index (χ1v) is 21.5. The monoisotopic (exact) mass is 780 g/mol. The summed E-state index contributed by atoms with van der Waals surface area (Å²) in [5.74, 6) is 0. The molecular weight excluding hydrogens is 745 g/mol. The van der Waals surface area contributed by atoms with Gasteiger partial charge < -0.3 is 9.47 Å². The van der Waals surface area contributed by atoms with Gasteiger partial charge in [0.25, 0.3) is 0 Å². The summed E-state index contributed by atoms with van der Waals surface area (Å²) >= 11 is 1.87. The summed E-state index contributed by atoms with van der Waals surface area (Å²) in [6, 6.07) is 81.3. The van der Waals surface area contributed by atoms with Crippen LogP contribution in [0.25, 0.3) is 74.6 Å². The van der Waals surface area contributed by atoms with E-state index in [1.54, 1.807) is 0 Å². The molecular formula is C57H36N2S. The number of rotatable bonds is 5. The van der Waals surface area contributed by atoms with Crippen molar-refractivity contribution < 1.29 is 0 Å². The Hall–Kier alpha value is -7.46. The first-order chi connectivity index (χ1) is 29.8. The molecule has 1 aliphatic rings. The van der Waals surface area contributed by atoms with Gasteiger partial charge in [0, 0.05) is 42.3 Å². The molecule has 12 aromatic rings. The van der Waals surface area contributed by atoms with Gasteiger partial charge in [0.1, 0.15) is 5.54 Å². The van der Waals surface area contributed by atoms with Crippen molar-refractivity contribution in [3.8, 4) is 11.1 Å². The number of hydrogen-bond acceptors (Lipinski definition) is 2. The number of anilines is 3. The summed E-state index contributed by atoms with van der Waals surface area (Å²) in [5, 5.41) is 9.95. The zero-order chi connectivity index (χ0) is 39.4. The second-order valence-corrected chi connectivity index (χ2v) is 17.1.